The third kappa shape index (κ3) is 3.15. The zero-order chi connectivity index (χ0) is 22.7. The summed E-state index contributed by atoms with van der Waals surface area (Å²) in [6, 6.07) is 8.99. The summed E-state index contributed by atoms with van der Waals surface area (Å²) in [6.07, 6.45) is 12.1. The van der Waals surface area contributed by atoms with Crippen LogP contribution in [0.3, 0.4) is 0 Å². The molecule has 1 aromatic rings. The molecule has 4 aliphatic carbocycles. The van der Waals surface area contributed by atoms with Gasteiger partial charge in [-0.25, -0.2) is 0 Å². The molecular weight excluding hydrogens is 394 g/mol. The van der Waals surface area contributed by atoms with Gasteiger partial charge in [0.15, 0.2) is 5.78 Å². The summed E-state index contributed by atoms with van der Waals surface area (Å²) in [5.41, 5.74) is 5.91. The summed E-state index contributed by atoms with van der Waals surface area (Å²) in [6.45, 7) is 6.24. The Morgan fingerprint density at radius 1 is 1.12 bits per heavy atom. The number of aliphatic hydroxyl groups is 1. The molecule has 0 heterocycles. The highest BCUT2D eigenvalue weighted by molar-refractivity contribution is 5.93. The van der Waals surface area contributed by atoms with Crippen LogP contribution in [0.5, 0.6) is 0 Å². The van der Waals surface area contributed by atoms with Gasteiger partial charge in [-0.15, -0.1) is 0 Å². The van der Waals surface area contributed by atoms with E-state index in [-0.39, 0.29) is 17.1 Å². The third-order valence-corrected chi connectivity index (χ3v) is 9.16. The van der Waals surface area contributed by atoms with Gasteiger partial charge in [0.1, 0.15) is 0 Å². The number of carbonyl (C=O) groups is 1. The normalized spacial score (nSPS) is 36.6. The van der Waals surface area contributed by atoms with Gasteiger partial charge in [-0.3, -0.25) is 4.79 Å². The minimum absolute atomic E-state index is 0.174. The van der Waals surface area contributed by atoms with Gasteiger partial charge < -0.3 is 10.0 Å². The minimum Gasteiger partial charge on any atom is -0.385 e. The molecule has 0 aliphatic heterocycles. The first-order chi connectivity index (χ1) is 15.3. The van der Waals surface area contributed by atoms with Gasteiger partial charge in [0.05, 0.1) is 5.60 Å². The SMILES string of the molecule is [CH2]/C=C\[C@@]1(O)CC[C@H]2[C@@H]3CCC4=CC(=O)CCC4=C3[C@@H](c3ccc(N(C)C)cc3)C[C@@]21C. The number of anilines is 1. The summed E-state index contributed by atoms with van der Waals surface area (Å²) >= 11 is 0. The molecule has 32 heavy (non-hydrogen) atoms. The Labute approximate surface area is 192 Å². The van der Waals surface area contributed by atoms with Crippen molar-refractivity contribution in [2.24, 2.45) is 17.3 Å². The van der Waals surface area contributed by atoms with Crippen LogP contribution in [0, 0.1) is 24.2 Å². The molecule has 3 heteroatoms. The van der Waals surface area contributed by atoms with Crippen LogP contribution in [0.25, 0.3) is 0 Å². The average Bonchev–Trinajstić information content (AvgIpc) is 3.03. The number of allylic oxidation sites excluding steroid dienone is 5. The smallest absolute Gasteiger partial charge is 0.156 e. The minimum atomic E-state index is -0.796. The van der Waals surface area contributed by atoms with Crippen LogP contribution in [0.4, 0.5) is 5.69 Å². The average molecular weight is 431 g/mol. The van der Waals surface area contributed by atoms with E-state index in [0.29, 0.717) is 18.3 Å². The van der Waals surface area contributed by atoms with Crippen LogP contribution in [-0.4, -0.2) is 30.6 Å². The van der Waals surface area contributed by atoms with Crippen LogP contribution in [-0.2, 0) is 4.79 Å². The second-order valence-corrected chi connectivity index (χ2v) is 10.8. The van der Waals surface area contributed by atoms with E-state index in [4.69, 9.17) is 0 Å². The van der Waals surface area contributed by atoms with Gasteiger partial charge in [0, 0.05) is 37.5 Å². The van der Waals surface area contributed by atoms with E-state index in [2.05, 4.69) is 57.1 Å². The molecule has 3 nitrogen and oxygen atoms in total. The van der Waals surface area contributed by atoms with E-state index in [1.807, 2.05) is 12.2 Å². The summed E-state index contributed by atoms with van der Waals surface area (Å²) in [4.78, 5) is 14.3. The molecule has 1 N–H and O–H groups in total. The van der Waals surface area contributed by atoms with E-state index in [9.17, 15) is 9.90 Å². The zero-order valence-electron chi connectivity index (χ0n) is 19.7. The molecule has 0 amide bonds. The Hall–Kier alpha value is -2.13. The molecule has 169 valence electrons. The molecule has 5 atom stereocenters. The van der Waals surface area contributed by atoms with Crippen LogP contribution >= 0.6 is 0 Å². The third-order valence-electron chi connectivity index (χ3n) is 9.16. The fourth-order valence-corrected chi connectivity index (χ4v) is 7.47. The second kappa shape index (κ2) is 7.73. The lowest BCUT2D eigenvalue weighted by Crippen LogP contribution is -2.50. The quantitative estimate of drug-likeness (QED) is 0.661. The maximum absolute atomic E-state index is 12.2. The topological polar surface area (TPSA) is 40.5 Å². The second-order valence-electron chi connectivity index (χ2n) is 10.8. The molecule has 2 fully saturated rings. The summed E-state index contributed by atoms with van der Waals surface area (Å²) in [7, 11) is 4.14. The summed E-state index contributed by atoms with van der Waals surface area (Å²) in [5, 5.41) is 11.8. The molecule has 0 saturated heterocycles. The first-order valence-electron chi connectivity index (χ1n) is 12.2. The Morgan fingerprint density at radius 2 is 1.88 bits per heavy atom. The lowest BCUT2D eigenvalue weighted by Gasteiger charge is -2.54. The maximum Gasteiger partial charge on any atom is 0.156 e. The summed E-state index contributed by atoms with van der Waals surface area (Å²) < 4.78 is 0. The van der Waals surface area contributed by atoms with Gasteiger partial charge in [-0.2, -0.15) is 0 Å². The van der Waals surface area contributed by atoms with Crippen molar-refractivity contribution in [2.75, 3.05) is 19.0 Å². The number of nitrogens with zero attached hydrogens (tertiary/aromatic N) is 1. The Bertz CT molecular complexity index is 1010. The highest BCUT2D eigenvalue weighted by Gasteiger charge is 2.61. The van der Waals surface area contributed by atoms with Crippen molar-refractivity contribution in [1.29, 1.82) is 0 Å². The van der Waals surface area contributed by atoms with Crippen LogP contribution < -0.4 is 4.90 Å². The molecule has 4 aliphatic rings. The van der Waals surface area contributed by atoms with Crippen molar-refractivity contribution in [2.45, 2.75) is 63.4 Å². The number of fused-ring (bicyclic) bond motifs is 4. The van der Waals surface area contributed by atoms with E-state index in [0.717, 1.165) is 38.5 Å². The highest BCUT2D eigenvalue weighted by Crippen LogP contribution is 2.67. The number of hydrogen-bond donors (Lipinski definition) is 1. The van der Waals surface area contributed by atoms with Gasteiger partial charge in [0.25, 0.3) is 0 Å². The molecule has 0 unspecified atom stereocenters. The molecule has 1 aromatic carbocycles. The largest absolute Gasteiger partial charge is 0.385 e. The van der Waals surface area contributed by atoms with Gasteiger partial charge in [-0.05, 0) is 92.2 Å². The van der Waals surface area contributed by atoms with Crippen molar-refractivity contribution in [3.05, 3.63) is 71.7 Å². The van der Waals surface area contributed by atoms with Crippen LogP contribution in [0.1, 0.15) is 63.4 Å². The van der Waals surface area contributed by atoms with Crippen molar-refractivity contribution >= 4 is 11.5 Å². The number of ketones is 1. The monoisotopic (exact) mass is 430 g/mol. The molecule has 5 rings (SSSR count). The van der Waals surface area contributed by atoms with Gasteiger partial charge in [-0.1, -0.05) is 36.8 Å². The predicted octanol–water partition coefficient (Wildman–Crippen LogP) is 5.77. The molecule has 0 spiro atoms. The van der Waals surface area contributed by atoms with Crippen molar-refractivity contribution in [1.82, 2.24) is 0 Å². The molecular formula is C29H36NO2. The van der Waals surface area contributed by atoms with E-state index < -0.39 is 5.60 Å². The van der Waals surface area contributed by atoms with E-state index in [1.165, 1.54) is 22.4 Å². The van der Waals surface area contributed by atoms with Crippen LogP contribution in [0.15, 0.2) is 59.2 Å². The Balaban J connectivity index is 1.66. The molecule has 2 saturated carbocycles. The van der Waals surface area contributed by atoms with Crippen LogP contribution in [0.2, 0.25) is 0 Å². The predicted molar refractivity (Wildman–Crippen MR) is 130 cm³/mol. The standard InChI is InChI=1S/C29H36NO2/c1-5-15-29(32)16-14-26-24-12-8-20-17-22(31)11-13-23(20)27(24)25(18-28(26,29)2)19-6-9-21(10-7-19)30(3)4/h5-7,9-10,15,17,24-26,32H,1,8,11-14,16,18H2,2-4H3/b15-5-/t24-,25+,26-,28-,29+/m0/s1. The zero-order valence-corrected chi connectivity index (χ0v) is 19.7. The van der Waals surface area contributed by atoms with Gasteiger partial charge in [0.2, 0.25) is 0 Å². The maximum atomic E-state index is 12.2. The first-order valence-corrected chi connectivity index (χ1v) is 12.2. The lowest BCUT2D eigenvalue weighted by molar-refractivity contribution is -0.114. The summed E-state index contributed by atoms with van der Waals surface area (Å²) in [5.74, 6) is 1.53. The fourth-order valence-electron chi connectivity index (χ4n) is 7.47. The highest BCUT2D eigenvalue weighted by atomic mass is 16.3. The fraction of sp³-hybridized carbons (Fsp3) is 0.517. The number of benzene rings is 1. The van der Waals surface area contributed by atoms with Crippen molar-refractivity contribution in [3.63, 3.8) is 0 Å². The number of rotatable bonds is 3. The molecule has 1 radical (unpaired) electrons. The Kier molecular flexibility index (Phi) is 5.24. The number of hydrogen-bond acceptors (Lipinski definition) is 3. The lowest BCUT2D eigenvalue weighted by atomic mass is 9.51. The molecule has 0 aromatic heterocycles. The molecule has 0 bridgehead atoms. The van der Waals surface area contributed by atoms with Crippen molar-refractivity contribution in [3.8, 4) is 0 Å². The van der Waals surface area contributed by atoms with Gasteiger partial charge >= 0.3 is 0 Å². The van der Waals surface area contributed by atoms with E-state index >= 15 is 0 Å². The van der Waals surface area contributed by atoms with Crippen molar-refractivity contribution < 1.29 is 9.90 Å². The van der Waals surface area contributed by atoms with E-state index in [1.54, 1.807) is 11.6 Å². The first kappa shape index (κ1) is 21.7. The Morgan fingerprint density at radius 3 is 2.56 bits per heavy atom. The number of carbonyl (C=O) groups excluding carboxylic acids is 1.